The second-order valence-electron chi connectivity index (χ2n) is 4.79. The van der Waals surface area contributed by atoms with Crippen LogP contribution in [-0.2, 0) is 4.79 Å². The summed E-state index contributed by atoms with van der Waals surface area (Å²) in [6, 6.07) is 14.3. The lowest BCUT2D eigenvalue weighted by Crippen LogP contribution is -2.01. The Bertz CT molecular complexity index is 578. The minimum atomic E-state index is -0.709. The number of carbonyl (C=O) groups is 1. The molecule has 0 radical (unpaired) electrons. The first-order chi connectivity index (χ1) is 10.3. The van der Waals surface area contributed by atoms with Gasteiger partial charge in [-0.15, -0.1) is 0 Å². The Hall–Kier alpha value is -1.68. The van der Waals surface area contributed by atoms with Gasteiger partial charge in [0.15, 0.2) is 0 Å². The molecule has 2 rings (SSSR count). The predicted molar refractivity (Wildman–Crippen MR) is 88.3 cm³/mol. The van der Waals surface area contributed by atoms with Crippen LogP contribution in [0, 0.1) is 0 Å². The topological polar surface area (TPSA) is 46.5 Å². The lowest BCUT2D eigenvalue weighted by atomic mass is 10.1. The zero-order valence-corrected chi connectivity index (χ0v) is 12.8. The van der Waals surface area contributed by atoms with Crippen LogP contribution in [0.4, 0.5) is 0 Å². The van der Waals surface area contributed by atoms with Crippen molar-refractivity contribution in [2.75, 3.05) is 18.1 Å². The van der Waals surface area contributed by atoms with E-state index in [0.29, 0.717) is 6.61 Å². The number of fused-ring (bicyclic) bond motifs is 1. The van der Waals surface area contributed by atoms with E-state index in [1.807, 2.05) is 36.0 Å². The molecule has 2 aromatic rings. The molecule has 0 spiro atoms. The molecule has 112 valence electrons. The van der Waals surface area contributed by atoms with E-state index < -0.39 is 5.97 Å². The van der Waals surface area contributed by atoms with E-state index in [4.69, 9.17) is 9.84 Å². The highest BCUT2D eigenvalue weighted by molar-refractivity contribution is 7.99. The molecule has 0 aliphatic rings. The Labute approximate surface area is 129 Å². The number of aliphatic carboxylic acids is 1. The second kappa shape index (κ2) is 8.57. The van der Waals surface area contributed by atoms with Crippen molar-refractivity contribution in [3.05, 3.63) is 42.5 Å². The van der Waals surface area contributed by atoms with Gasteiger partial charge in [0.2, 0.25) is 0 Å². The zero-order valence-electron chi connectivity index (χ0n) is 12.0. The summed E-state index contributed by atoms with van der Waals surface area (Å²) < 4.78 is 5.85. The molecule has 0 atom stereocenters. The van der Waals surface area contributed by atoms with E-state index in [2.05, 4.69) is 18.2 Å². The number of ether oxygens (including phenoxy) is 1. The lowest BCUT2D eigenvalue weighted by Gasteiger charge is -2.09. The van der Waals surface area contributed by atoms with Gasteiger partial charge in [0, 0.05) is 17.6 Å². The normalized spacial score (nSPS) is 10.7. The van der Waals surface area contributed by atoms with Crippen molar-refractivity contribution in [2.45, 2.75) is 19.3 Å². The third-order valence-corrected chi connectivity index (χ3v) is 4.20. The second-order valence-corrected chi connectivity index (χ2v) is 6.01. The summed E-state index contributed by atoms with van der Waals surface area (Å²) in [7, 11) is 0. The fraction of sp³-hybridized carbons (Fsp3) is 0.353. The average Bonchev–Trinajstić information content (AvgIpc) is 2.50. The van der Waals surface area contributed by atoms with Crippen molar-refractivity contribution >= 4 is 28.5 Å². The first-order valence-corrected chi connectivity index (χ1v) is 8.33. The first-order valence-electron chi connectivity index (χ1n) is 7.17. The van der Waals surface area contributed by atoms with Crippen LogP contribution in [0.15, 0.2) is 42.5 Å². The van der Waals surface area contributed by atoms with Crippen molar-refractivity contribution in [1.82, 2.24) is 0 Å². The molecule has 0 amide bonds. The van der Waals surface area contributed by atoms with Gasteiger partial charge < -0.3 is 9.84 Å². The number of benzene rings is 2. The molecule has 0 aromatic heterocycles. The highest BCUT2D eigenvalue weighted by atomic mass is 32.2. The van der Waals surface area contributed by atoms with Crippen LogP contribution >= 0.6 is 11.8 Å². The van der Waals surface area contributed by atoms with Crippen molar-refractivity contribution in [1.29, 1.82) is 0 Å². The maximum absolute atomic E-state index is 10.4. The number of carboxylic acid groups (broad SMARTS) is 1. The largest absolute Gasteiger partial charge is 0.492 e. The highest BCUT2D eigenvalue weighted by Gasteiger charge is 2.01. The molecule has 21 heavy (non-hydrogen) atoms. The Balaban J connectivity index is 1.67. The first kappa shape index (κ1) is 15.7. The van der Waals surface area contributed by atoms with Crippen LogP contribution < -0.4 is 4.74 Å². The number of unbranched alkanes of at least 4 members (excludes halogenated alkanes) is 1. The van der Waals surface area contributed by atoms with E-state index in [1.54, 1.807) is 0 Å². The number of hydrogen-bond acceptors (Lipinski definition) is 3. The van der Waals surface area contributed by atoms with Gasteiger partial charge in [-0.05, 0) is 30.0 Å². The quantitative estimate of drug-likeness (QED) is 0.705. The van der Waals surface area contributed by atoms with Gasteiger partial charge in [0.25, 0.3) is 0 Å². The Morgan fingerprint density at radius 1 is 1.05 bits per heavy atom. The molecule has 0 heterocycles. The smallest absolute Gasteiger partial charge is 0.303 e. The SMILES string of the molecule is O=C(O)CCCCSCCOc1cccc2ccccc12. The van der Waals surface area contributed by atoms with Gasteiger partial charge in [0.05, 0.1) is 6.61 Å². The van der Waals surface area contributed by atoms with Crippen LogP contribution in [0.25, 0.3) is 10.8 Å². The third kappa shape index (κ3) is 5.31. The van der Waals surface area contributed by atoms with Crippen LogP contribution in [0.1, 0.15) is 19.3 Å². The summed E-state index contributed by atoms with van der Waals surface area (Å²) in [4.78, 5) is 10.4. The number of hydrogen-bond donors (Lipinski definition) is 1. The standard InChI is InChI=1S/C17H20O3S/c18-17(19)10-3-4-12-21-13-11-20-16-9-5-7-14-6-1-2-8-15(14)16/h1-2,5-9H,3-4,10-13H2,(H,18,19). The summed E-state index contributed by atoms with van der Waals surface area (Å²) in [6.07, 6.45) is 1.98. The molecule has 0 saturated heterocycles. The molecule has 3 nitrogen and oxygen atoms in total. The van der Waals surface area contributed by atoms with Crippen molar-refractivity contribution < 1.29 is 14.6 Å². The molecule has 2 aromatic carbocycles. The van der Waals surface area contributed by atoms with Crippen LogP contribution in [-0.4, -0.2) is 29.2 Å². The van der Waals surface area contributed by atoms with Gasteiger partial charge in [-0.3, -0.25) is 4.79 Å². The summed E-state index contributed by atoms with van der Waals surface area (Å²) in [5.74, 6) is 2.14. The molecule has 0 unspecified atom stereocenters. The third-order valence-electron chi connectivity index (χ3n) is 3.16. The van der Waals surface area contributed by atoms with E-state index in [-0.39, 0.29) is 6.42 Å². The van der Waals surface area contributed by atoms with Gasteiger partial charge in [-0.2, -0.15) is 11.8 Å². The molecule has 0 aliphatic carbocycles. The maximum Gasteiger partial charge on any atom is 0.303 e. The van der Waals surface area contributed by atoms with Crippen molar-refractivity contribution in [3.8, 4) is 5.75 Å². The Morgan fingerprint density at radius 2 is 1.86 bits per heavy atom. The van der Waals surface area contributed by atoms with Gasteiger partial charge in [-0.1, -0.05) is 36.4 Å². The molecule has 0 saturated carbocycles. The predicted octanol–water partition coefficient (Wildman–Crippen LogP) is 4.21. The molecule has 1 N–H and O–H groups in total. The Kier molecular flexibility index (Phi) is 6.41. The molecular weight excluding hydrogens is 284 g/mol. The van der Waals surface area contributed by atoms with E-state index in [9.17, 15) is 4.79 Å². The summed E-state index contributed by atoms with van der Waals surface area (Å²) in [5.41, 5.74) is 0. The lowest BCUT2D eigenvalue weighted by molar-refractivity contribution is -0.137. The molecule has 4 heteroatoms. The number of thioether (sulfide) groups is 1. The highest BCUT2D eigenvalue weighted by Crippen LogP contribution is 2.25. The van der Waals surface area contributed by atoms with Gasteiger partial charge in [0.1, 0.15) is 5.75 Å². The monoisotopic (exact) mass is 304 g/mol. The molecule has 0 fully saturated rings. The maximum atomic E-state index is 10.4. The number of rotatable bonds is 9. The summed E-state index contributed by atoms with van der Waals surface area (Å²) in [5, 5.41) is 10.9. The fourth-order valence-corrected chi connectivity index (χ4v) is 2.93. The molecule has 0 bridgehead atoms. The van der Waals surface area contributed by atoms with Gasteiger partial charge >= 0.3 is 5.97 Å². The average molecular weight is 304 g/mol. The van der Waals surface area contributed by atoms with Crippen molar-refractivity contribution in [2.24, 2.45) is 0 Å². The van der Waals surface area contributed by atoms with Gasteiger partial charge in [-0.25, -0.2) is 0 Å². The molecule has 0 aliphatic heterocycles. The number of carboxylic acids is 1. The van der Waals surface area contributed by atoms with Crippen LogP contribution in [0.5, 0.6) is 5.75 Å². The van der Waals surface area contributed by atoms with Crippen LogP contribution in [0.3, 0.4) is 0 Å². The Morgan fingerprint density at radius 3 is 2.71 bits per heavy atom. The summed E-state index contributed by atoms with van der Waals surface area (Å²) in [6.45, 7) is 0.678. The fourth-order valence-electron chi connectivity index (χ4n) is 2.11. The summed E-state index contributed by atoms with van der Waals surface area (Å²) >= 11 is 1.81. The van der Waals surface area contributed by atoms with Crippen molar-refractivity contribution in [3.63, 3.8) is 0 Å². The van der Waals surface area contributed by atoms with E-state index >= 15 is 0 Å². The minimum absolute atomic E-state index is 0.271. The van der Waals surface area contributed by atoms with E-state index in [0.717, 1.165) is 35.5 Å². The van der Waals surface area contributed by atoms with Crippen LogP contribution in [0.2, 0.25) is 0 Å². The molecular formula is C17H20O3S. The van der Waals surface area contributed by atoms with E-state index in [1.165, 1.54) is 5.39 Å². The minimum Gasteiger partial charge on any atom is -0.492 e. The zero-order chi connectivity index (χ0) is 14.9.